The van der Waals surface area contributed by atoms with Gasteiger partial charge >= 0.3 is 5.97 Å². The monoisotopic (exact) mass is 291 g/mol. The number of esters is 1. The summed E-state index contributed by atoms with van der Waals surface area (Å²) in [5.41, 5.74) is 6.97. The molecule has 0 amide bonds. The fraction of sp³-hybridized carbons (Fsp3) is 0.600. The fourth-order valence-electron chi connectivity index (χ4n) is 3.27. The normalized spacial score (nSPS) is 25.3. The molecule has 1 saturated carbocycles. The third-order valence-electron chi connectivity index (χ3n) is 4.30. The molecule has 2 N–H and O–H groups in total. The molecule has 2 atom stereocenters. The topological polar surface area (TPSA) is 77.7 Å². The van der Waals surface area contributed by atoms with E-state index in [0.29, 0.717) is 29.8 Å². The molecule has 2 fully saturated rings. The molecular weight excluding hydrogens is 270 g/mol. The van der Waals surface area contributed by atoms with Crippen LogP contribution in [0.2, 0.25) is 0 Å². The van der Waals surface area contributed by atoms with Crippen molar-refractivity contribution in [2.24, 2.45) is 0 Å². The highest BCUT2D eigenvalue weighted by Gasteiger charge is 2.35. The number of nitrogens with zero attached hydrogens (tertiary/aromatic N) is 2. The number of methoxy groups -OCH3 is 1. The van der Waals surface area contributed by atoms with Crippen LogP contribution in [0.4, 0.5) is 11.5 Å². The minimum atomic E-state index is -0.440. The van der Waals surface area contributed by atoms with Gasteiger partial charge in [0.25, 0.3) is 0 Å². The minimum absolute atomic E-state index is 0.246. The molecule has 6 nitrogen and oxygen atoms in total. The van der Waals surface area contributed by atoms with Crippen molar-refractivity contribution in [2.45, 2.75) is 37.8 Å². The van der Waals surface area contributed by atoms with Crippen LogP contribution in [-0.2, 0) is 9.47 Å². The molecule has 0 bridgehead atoms. The SMILES string of the molecule is COC(=O)c1ccc(N)c(N2CCOC3CCCCC32)n1. The van der Waals surface area contributed by atoms with Gasteiger partial charge in [-0.15, -0.1) is 0 Å². The number of ether oxygens (including phenoxy) is 2. The van der Waals surface area contributed by atoms with Crippen LogP contribution in [0, 0.1) is 0 Å². The summed E-state index contributed by atoms with van der Waals surface area (Å²) in [4.78, 5) is 18.3. The molecule has 6 heteroatoms. The lowest BCUT2D eigenvalue weighted by molar-refractivity contribution is -0.00893. The predicted octanol–water partition coefficient (Wildman–Crippen LogP) is 1.60. The Morgan fingerprint density at radius 2 is 2.24 bits per heavy atom. The molecule has 1 saturated heterocycles. The molecule has 2 aliphatic rings. The van der Waals surface area contributed by atoms with Crippen molar-refractivity contribution < 1.29 is 14.3 Å². The maximum absolute atomic E-state index is 11.7. The van der Waals surface area contributed by atoms with Crippen LogP contribution in [0.1, 0.15) is 36.2 Å². The first-order chi connectivity index (χ1) is 10.2. The van der Waals surface area contributed by atoms with E-state index in [-0.39, 0.29) is 6.10 Å². The molecule has 1 aromatic heterocycles. The van der Waals surface area contributed by atoms with E-state index in [1.807, 2.05) is 0 Å². The molecule has 0 spiro atoms. The van der Waals surface area contributed by atoms with E-state index in [2.05, 4.69) is 9.88 Å². The Balaban J connectivity index is 1.92. The quantitative estimate of drug-likeness (QED) is 0.834. The second-order valence-corrected chi connectivity index (χ2v) is 5.56. The Kier molecular flexibility index (Phi) is 3.96. The molecule has 21 heavy (non-hydrogen) atoms. The van der Waals surface area contributed by atoms with Gasteiger partial charge in [0, 0.05) is 6.54 Å². The third kappa shape index (κ3) is 2.68. The second kappa shape index (κ2) is 5.89. The van der Waals surface area contributed by atoms with Gasteiger partial charge in [-0.25, -0.2) is 9.78 Å². The van der Waals surface area contributed by atoms with E-state index in [4.69, 9.17) is 15.2 Å². The summed E-state index contributed by atoms with van der Waals surface area (Å²) in [6, 6.07) is 3.63. The maximum atomic E-state index is 11.7. The highest BCUT2D eigenvalue weighted by Crippen LogP contribution is 2.33. The zero-order chi connectivity index (χ0) is 14.8. The van der Waals surface area contributed by atoms with Gasteiger partial charge in [-0.1, -0.05) is 12.8 Å². The van der Waals surface area contributed by atoms with Gasteiger partial charge < -0.3 is 20.1 Å². The van der Waals surface area contributed by atoms with Gasteiger partial charge in [0.15, 0.2) is 11.5 Å². The summed E-state index contributed by atoms with van der Waals surface area (Å²) in [6.45, 7) is 1.42. The lowest BCUT2D eigenvalue weighted by Gasteiger charge is -2.44. The number of anilines is 2. The second-order valence-electron chi connectivity index (χ2n) is 5.56. The molecule has 0 radical (unpaired) electrons. The van der Waals surface area contributed by atoms with Crippen LogP contribution in [0.5, 0.6) is 0 Å². The molecule has 0 aromatic carbocycles. The van der Waals surface area contributed by atoms with E-state index < -0.39 is 5.97 Å². The predicted molar refractivity (Wildman–Crippen MR) is 79.3 cm³/mol. The van der Waals surface area contributed by atoms with Gasteiger partial charge in [0.2, 0.25) is 0 Å². The molecule has 1 aliphatic heterocycles. The molecule has 2 heterocycles. The average molecular weight is 291 g/mol. The van der Waals surface area contributed by atoms with Crippen molar-refractivity contribution >= 4 is 17.5 Å². The number of aromatic nitrogens is 1. The van der Waals surface area contributed by atoms with Gasteiger partial charge in [0.05, 0.1) is 31.5 Å². The van der Waals surface area contributed by atoms with Crippen LogP contribution in [0.25, 0.3) is 0 Å². The summed E-state index contributed by atoms with van der Waals surface area (Å²) in [6.07, 6.45) is 4.81. The fourth-order valence-corrected chi connectivity index (χ4v) is 3.27. The van der Waals surface area contributed by atoms with Crippen molar-refractivity contribution in [1.29, 1.82) is 0 Å². The Morgan fingerprint density at radius 1 is 1.43 bits per heavy atom. The average Bonchev–Trinajstić information content (AvgIpc) is 2.54. The molecule has 1 aromatic rings. The molecule has 1 aliphatic carbocycles. The molecule has 114 valence electrons. The Hall–Kier alpha value is -1.82. The number of hydrogen-bond acceptors (Lipinski definition) is 6. The number of carbonyl (C=O) groups excluding carboxylic acids is 1. The Morgan fingerprint density at radius 3 is 3.05 bits per heavy atom. The zero-order valence-corrected chi connectivity index (χ0v) is 12.2. The van der Waals surface area contributed by atoms with Gasteiger partial charge in [-0.05, 0) is 25.0 Å². The summed E-state index contributed by atoms with van der Waals surface area (Å²) < 4.78 is 10.6. The zero-order valence-electron chi connectivity index (χ0n) is 12.2. The maximum Gasteiger partial charge on any atom is 0.356 e. The van der Waals surface area contributed by atoms with Crippen LogP contribution in [0.15, 0.2) is 12.1 Å². The molecule has 3 rings (SSSR count). The number of morpholine rings is 1. The summed E-state index contributed by atoms with van der Waals surface area (Å²) in [7, 11) is 1.35. The Labute approximate surface area is 124 Å². The van der Waals surface area contributed by atoms with E-state index >= 15 is 0 Å². The number of nitrogens with two attached hydrogens (primary N) is 1. The summed E-state index contributed by atoms with van der Waals surface area (Å²) in [5, 5.41) is 0. The van der Waals surface area contributed by atoms with Crippen molar-refractivity contribution in [2.75, 3.05) is 30.9 Å². The summed E-state index contributed by atoms with van der Waals surface area (Å²) in [5.74, 6) is 0.239. The van der Waals surface area contributed by atoms with Crippen LogP contribution < -0.4 is 10.6 Å². The number of hydrogen-bond donors (Lipinski definition) is 1. The van der Waals surface area contributed by atoms with Gasteiger partial charge in [0.1, 0.15) is 0 Å². The van der Waals surface area contributed by atoms with Crippen LogP contribution in [-0.4, -0.2) is 43.4 Å². The standard InChI is InChI=1S/C15H21N3O3/c1-20-15(19)11-7-6-10(16)14(17-11)18-8-9-21-13-5-3-2-4-12(13)18/h6-7,12-13H,2-5,8-9,16H2,1H3. The summed E-state index contributed by atoms with van der Waals surface area (Å²) >= 11 is 0. The number of nitrogen functional groups attached to an aromatic ring is 1. The van der Waals surface area contributed by atoms with E-state index in [9.17, 15) is 4.79 Å². The lowest BCUT2D eigenvalue weighted by Crippen LogP contribution is -2.53. The van der Waals surface area contributed by atoms with Crippen LogP contribution in [0.3, 0.4) is 0 Å². The smallest absolute Gasteiger partial charge is 0.356 e. The van der Waals surface area contributed by atoms with E-state index in [1.54, 1.807) is 12.1 Å². The van der Waals surface area contributed by atoms with E-state index in [1.165, 1.54) is 20.0 Å². The van der Waals surface area contributed by atoms with Crippen molar-refractivity contribution in [1.82, 2.24) is 4.98 Å². The highest BCUT2D eigenvalue weighted by molar-refractivity contribution is 5.88. The first-order valence-electron chi connectivity index (χ1n) is 7.44. The third-order valence-corrected chi connectivity index (χ3v) is 4.30. The molecular formula is C15H21N3O3. The molecule has 2 unspecified atom stereocenters. The number of carbonyl (C=O) groups is 1. The lowest BCUT2D eigenvalue weighted by atomic mass is 9.90. The first-order valence-corrected chi connectivity index (χ1v) is 7.44. The number of rotatable bonds is 2. The number of pyridine rings is 1. The van der Waals surface area contributed by atoms with E-state index in [0.717, 1.165) is 19.4 Å². The first kappa shape index (κ1) is 14.1. The van der Waals surface area contributed by atoms with Crippen LogP contribution >= 0.6 is 0 Å². The van der Waals surface area contributed by atoms with Gasteiger partial charge in [-0.2, -0.15) is 0 Å². The highest BCUT2D eigenvalue weighted by atomic mass is 16.5. The Bertz CT molecular complexity index is 533. The van der Waals surface area contributed by atoms with Crippen molar-refractivity contribution in [3.8, 4) is 0 Å². The number of fused-ring (bicyclic) bond motifs is 1. The minimum Gasteiger partial charge on any atom is -0.464 e. The van der Waals surface area contributed by atoms with Crippen molar-refractivity contribution in [3.05, 3.63) is 17.8 Å². The largest absolute Gasteiger partial charge is 0.464 e. The van der Waals surface area contributed by atoms with Gasteiger partial charge in [-0.3, -0.25) is 0 Å². The van der Waals surface area contributed by atoms with Crippen molar-refractivity contribution in [3.63, 3.8) is 0 Å².